The fraction of sp³-hybridized carbons (Fsp3) is 0.0909. The van der Waals surface area contributed by atoms with Gasteiger partial charge in [-0.15, -0.1) is 0 Å². The Morgan fingerprint density at radius 3 is 1.89 bits per heavy atom. The van der Waals surface area contributed by atoms with Crippen LogP contribution in [0, 0.1) is 0 Å². The van der Waals surface area contributed by atoms with Crippen LogP contribution in [0.1, 0.15) is 25.0 Å². The summed E-state index contributed by atoms with van der Waals surface area (Å²) < 4.78 is 3.52. The molecular formula is C33H24BrN. The standard InChI is InChI=1S/C33H24BrN/c1-33(2)29-19-22(14-16-25(29)26-17-15-23(34)20-30(26)33)21-8-7-9-24(18-21)35-31-12-5-3-10-27(31)28-11-4-6-13-32(28)35/h3-20H,1-2H3. The minimum atomic E-state index is -0.0328. The molecule has 0 amide bonds. The molecule has 1 aliphatic rings. The second-order valence-electron chi connectivity index (χ2n) is 10.00. The molecule has 0 N–H and O–H groups in total. The molecular weight excluding hydrogens is 490 g/mol. The predicted octanol–water partition coefficient (Wildman–Crippen LogP) is 9.52. The second-order valence-corrected chi connectivity index (χ2v) is 10.9. The molecule has 7 rings (SSSR count). The SMILES string of the molecule is CC1(C)c2cc(Br)ccc2-c2ccc(-c3cccc(-n4c5ccccc5c5ccccc54)c3)cc21. The van der Waals surface area contributed by atoms with Crippen molar-refractivity contribution in [2.45, 2.75) is 19.3 Å². The van der Waals surface area contributed by atoms with Gasteiger partial charge in [0.15, 0.2) is 0 Å². The van der Waals surface area contributed by atoms with Gasteiger partial charge in [0.25, 0.3) is 0 Å². The van der Waals surface area contributed by atoms with Gasteiger partial charge < -0.3 is 4.57 Å². The van der Waals surface area contributed by atoms with E-state index in [-0.39, 0.29) is 5.41 Å². The molecule has 1 heterocycles. The number of benzene rings is 5. The molecule has 1 aromatic heterocycles. The Morgan fingerprint density at radius 2 is 1.17 bits per heavy atom. The Morgan fingerprint density at radius 1 is 0.571 bits per heavy atom. The molecule has 6 aromatic rings. The molecule has 35 heavy (non-hydrogen) atoms. The first-order chi connectivity index (χ1) is 17.0. The average Bonchev–Trinajstić information content (AvgIpc) is 3.33. The molecule has 0 saturated heterocycles. The maximum Gasteiger partial charge on any atom is 0.0541 e. The van der Waals surface area contributed by atoms with E-state index in [2.05, 4.69) is 144 Å². The van der Waals surface area contributed by atoms with E-state index in [9.17, 15) is 0 Å². The number of hydrogen-bond acceptors (Lipinski definition) is 0. The summed E-state index contributed by atoms with van der Waals surface area (Å²) >= 11 is 3.67. The van der Waals surface area contributed by atoms with Crippen LogP contribution in [0.4, 0.5) is 0 Å². The van der Waals surface area contributed by atoms with Gasteiger partial charge >= 0.3 is 0 Å². The van der Waals surface area contributed by atoms with Gasteiger partial charge in [0.05, 0.1) is 11.0 Å². The van der Waals surface area contributed by atoms with Crippen molar-refractivity contribution in [1.29, 1.82) is 0 Å². The molecule has 0 spiro atoms. The van der Waals surface area contributed by atoms with Crippen molar-refractivity contribution in [3.8, 4) is 27.9 Å². The number of aromatic nitrogens is 1. The number of nitrogens with zero attached hydrogens (tertiary/aromatic N) is 1. The van der Waals surface area contributed by atoms with E-state index in [1.165, 1.54) is 60.9 Å². The zero-order chi connectivity index (χ0) is 23.7. The highest BCUT2D eigenvalue weighted by molar-refractivity contribution is 9.10. The van der Waals surface area contributed by atoms with Crippen molar-refractivity contribution in [2.75, 3.05) is 0 Å². The molecule has 0 fully saturated rings. The van der Waals surface area contributed by atoms with Crippen LogP contribution in [-0.4, -0.2) is 4.57 Å². The van der Waals surface area contributed by atoms with Gasteiger partial charge in [-0.05, 0) is 75.8 Å². The van der Waals surface area contributed by atoms with E-state index >= 15 is 0 Å². The first-order valence-electron chi connectivity index (χ1n) is 12.1. The van der Waals surface area contributed by atoms with E-state index in [1.54, 1.807) is 0 Å². The molecule has 0 atom stereocenters. The number of para-hydroxylation sites is 2. The van der Waals surface area contributed by atoms with E-state index in [0.29, 0.717) is 0 Å². The highest BCUT2D eigenvalue weighted by Crippen LogP contribution is 2.50. The lowest BCUT2D eigenvalue weighted by Crippen LogP contribution is -2.15. The number of fused-ring (bicyclic) bond motifs is 6. The average molecular weight is 514 g/mol. The summed E-state index contributed by atoms with van der Waals surface area (Å²) in [7, 11) is 0. The molecule has 0 bridgehead atoms. The predicted molar refractivity (Wildman–Crippen MR) is 151 cm³/mol. The van der Waals surface area contributed by atoms with Crippen LogP contribution in [-0.2, 0) is 5.41 Å². The van der Waals surface area contributed by atoms with Crippen LogP contribution in [0.5, 0.6) is 0 Å². The molecule has 1 nitrogen and oxygen atoms in total. The van der Waals surface area contributed by atoms with Crippen molar-refractivity contribution >= 4 is 37.7 Å². The van der Waals surface area contributed by atoms with Gasteiger partial charge in [0, 0.05) is 26.3 Å². The molecule has 0 saturated carbocycles. The third-order valence-electron chi connectivity index (χ3n) is 7.66. The van der Waals surface area contributed by atoms with Crippen LogP contribution in [0.2, 0.25) is 0 Å². The van der Waals surface area contributed by atoms with Crippen molar-refractivity contribution in [2.24, 2.45) is 0 Å². The zero-order valence-corrected chi connectivity index (χ0v) is 21.3. The molecule has 0 aliphatic heterocycles. The second kappa shape index (κ2) is 7.44. The van der Waals surface area contributed by atoms with Crippen LogP contribution in [0.25, 0.3) is 49.7 Å². The van der Waals surface area contributed by atoms with Gasteiger partial charge in [0.1, 0.15) is 0 Å². The summed E-state index contributed by atoms with van der Waals surface area (Å²) in [5.41, 5.74) is 11.6. The highest BCUT2D eigenvalue weighted by atomic mass is 79.9. The van der Waals surface area contributed by atoms with Crippen molar-refractivity contribution in [1.82, 2.24) is 4.57 Å². The van der Waals surface area contributed by atoms with Gasteiger partial charge in [-0.2, -0.15) is 0 Å². The van der Waals surface area contributed by atoms with Gasteiger partial charge in [-0.1, -0.05) is 96.5 Å². The molecule has 2 heteroatoms. The Hall–Kier alpha value is -3.62. The fourth-order valence-corrected chi connectivity index (χ4v) is 6.28. The maximum absolute atomic E-state index is 3.67. The summed E-state index contributed by atoms with van der Waals surface area (Å²) in [5.74, 6) is 0. The highest BCUT2D eigenvalue weighted by Gasteiger charge is 2.35. The number of rotatable bonds is 2. The van der Waals surface area contributed by atoms with Crippen molar-refractivity contribution in [3.05, 3.63) is 125 Å². The quantitative estimate of drug-likeness (QED) is 0.217. The Labute approximate surface area is 213 Å². The fourth-order valence-electron chi connectivity index (χ4n) is 5.91. The van der Waals surface area contributed by atoms with E-state index in [0.717, 1.165) is 4.47 Å². The smallest absolute Gasteiger partial charge is 0.0541 e. The van der Waals surface area contributed by atoms with Crippen LogP contribution in [0.15, 0.2) is 114 Å². The zero-order valence-electron chi connectivity index (χ0n) is 19.7. The Kier molecular flexibility index (Phi) is 4.40. The lowest BCUT2D eigenvalue weighted by molar-refractivity contribution is 0.660. The minimum Gasteiger partial charge on any atom is -0.309 e. The largest absolute Gasteiger partial charge is 0.309 e. The lowest BCUT2D eigenvalue weighted by Gasteiger charge is -2.22. The molecule has 0 radical (unpaired) electrons. The van der Waals surface area contributed by atoms with Crippen molar-refractivity contribution < 1.29 is 0 Å². The third kappa shape index (κ3) is 3.00. The topological polar surface area (TPSA) is 4.93 Å². The number of halogens is 1. The van der Waals surface area contributed by atoms with Gasteiger partial charge in [0.2, 0.25) is 0 Å². The van der Waals surface area contributed by atoms with E-state index in [4.69, 9.17) is 0 Å². The van der Waals surface area contributed by atoms with E-state index in [1.807, 2.05) is 0 Å². The summed E-state index contributed by atoms with van der Waals surface area (Å²) in [5, 5.41) is 2.58. The number of hydrogen-bond donors (Lipinski definition) is 0. The summed E-state index contributed by atoms with van der Waals surface area (Å²) in [4.78, 5) is 0. The Balaban J connectivity index is 1.40. The van der Waals surface area contributed by atoms with Crippen LogP contribution in [0.3, 0.4) is 0 Å². The molecule has 0 unspecified atom stereocenters. The Bertz CT molecular complexity index is 1730. The van der Waals surface area contributed by atoms with E-state index < -0.39 is 0 Å². The molecule has 5 aromatic carbocycles. The summed E-state index contributed by atoms with van der Waals surface area (Å²) in [6.07, 6.45) is 0. The van der Waals surface area contributed by atoms with Gasteiger partial charge in [-0.25, -0.2) is 0 Å². The molecule has 1 aliphatic carbocycles. The van der Waals surface area contributed by atoms with Crippen molar-refractivity contribution in [3.63, 3.8) is 0 Å². The van der Waals surface area contributed by atoms with Crippen LogP contribution < -0.4 is 0 Å². The summed E-state index contributed by atoms with van der Waals surface area (Å²) in [6, 6.07) is 40.0. The van der Waals surface area contributed by atoms with Gasteiger partial charge in [-0.3, -0.25) is 0 Å². The monoisotopic (exact) mass is 513 g/mol. The first kappa shape index (κ1) is 20.7. The molecule has 168 valence electrons. The first-order valence-corrected chi connectivity index (χ1v) is 12.9. The summed E-state index contributed by atoms with van der Waals surface area (Å²) in [6.45, 7) is 4.67. The minimum absolute atomic E-state index is 0.0328. The normalized spacial score (nSPS) is 13.8. The maximum atomic E-state index is 3.67. The van der Waals surface area contributed by atoms with Crippen LogP contribution >= 0.6 is 15.9 Å². The lowest BCUT2D eigenvalue weighted by atomic mass is 9.81. The third-order valence-corrected chi connectivity index (χ3v) is 8.15.